The highest BCUT2D eigenvalue weighted by molar-refractivity contribution is 5.89. The summed E-state index contributed by atoms with van der Waals surface area (Å²) >= 11 is 0. The minimum atomic E-state index is -0.211. The number of benzene rings is 3. The van der Waals surface area contributed by atoms with Gasteiger partial charge < -0.3 is 0 Å². The Labute approximate surface area is 118 Å². The average molecular weight is 262 g/mol. The van der Waals surface area contributed by atoms with Gasteiger partial charge in [0.05, 0.1) is 0 Å². The van der Waals surface area contributed by atoms with E-state index in [4.69, 9.17) is 0 Å². The van der Waals surface area contributed by atoms with Crippen molar-refractivity contribution >= 4 is 16.3 Å². The van der Waals surface area contributed by atoms with Crippen molar-refractivity contribution < 1.29 is 4.39 Å². The molecule has 0 aliphatic rings. The van der Waals surface area contributed by atoms with E-state index in [-0.39, 0.29) is 5.82 Å². The van der Waals surface area contributed by atoms with Crippen molar-refractivity contribution in [1.29, 1.82) is 0 Å². The first-order valence-corrected chi connectivity index (χ1v) is 6.60. The van der Waals surface area contributed by atoms with Gasteiger partial charge in [-0.2, -0.15) is 0 Å². The molecule has 0 aliphatic heterocycles. The van der Waals surface area contributed by atoms with Crippen LogP contribution in [0.25, 0.3) is 16.3 Å². The van der Waals surface area contributed by atoms with Crippen LogP contribution >= 0.6 is 0 Å². The fraction of sp³-hybridized carbons (Fsp3) is 0.0526. The van der Waals surface area contributed by atoms with E-state index in [1.54, 1.807) is 12.1 Å². The third-order valence-electron chi connectivity index (χ3n) is 3.61. The highest BCUT2D eigenvalue weighted by Gasteiger charge is 2.07. The fourth-order valence-electron chi connectivity index (χ4n) is 2.50. The third kappa shape index (κ3) is 2.23. The second-order valence-corrected chi connectivity index (χ2v) is 5.00. The first-order valence-electron chi connectivity index (χ1n) is 6.60. The molecule has 0 nitrogen and oxygen atoms in total. The molecular weight excluding hydrogens is 247 g/mol. The van der Waals surface area contributed by atoms with Gasteiger partial charge >= 0.3 is 0 Å². The van der Waals surface area contributed by atoms with Crippen molar-refractivity contribution in [3.8, 4) is 0 Å². The molecule has 0 aromatic heterocycles. The van der Waals surface area contributed by atoms with Gasteiger partial charge in [-0.25, -0.2) is 4.39 Å². The van der Waals surface area contributed by atoms with E-state index in [1.807, 2.05) is 19.1 Å². The van der Waals surface area contributed by atoms with Gasteiger partial charge in [0, 0.05) is 0 Å². The summed E-state index contributed by atoms with van der Waals surface area (Å²) in [6.07, 6.45) is 0. The topological polar surface area (TPSA) is 0 Å². The molecule has 0 saturated carbocycles. The molecule has 3 rings (SSSR count). The van der Waals surface area contributed by atoms with Gasteiger partial charge in [-0.1, -0.05) is 49.0 Å². The molecule has 0 spiro atoms. The van der Waals surface area contributed by atoms with Crippen LogP contribution in [0.15, 0.2) is 67.2 Å². The number of hydrogen-bond donors (Lipinski definition) is 0. The molecule has 0 radical (unpaired) electrons. The van der Waals surface area contributed by atoms with E-state index in [0.29, 0.717) is 0 Å². The molecule has 0 saturated heterocycles. The molecule has 0 aliphatic carbocycles. The predicted octanol–water partition coefficient (Wildman–Crippen LogP) is 5.35. The van der Waals surface area contributed by atoms with Crippen molar-refractivity contribution in [3.63, 3.8) is 0 Å². The van der Waals surface area contributed by atoms with Gasteiger partial charge in [-0.3, -0.25) is 0 Å². The summed E-state index contributed by atoms with van der Waals surface area (Å²) in [6.45, 7) is 6.08. The SMILES string of the molecule is C=C(c1ccc2ccccc2c1)c1ccc(F)cc1C. The smallest absolute Gasteiger partial charge is 0.123 e. The van der Waals surface area contributed by atoms with Crippen molar-refractivity contribution in [3.05, 3.63) is 89.8 Å². The lowest BCUT2D eigenvalue weighted by molar-refractivity contribution is 0.626. The first kappa shape index (κ1) is 12.6. The molecule has 0 heterocycles. The van der Waals surface area contributed by atoms with Gasteiger partial charge in [0.25, 0.3) is 0 Å². The Bertz CT molecular complexity index is 800. The third-order valence-corrected chi connectivity index (χ3v) is 3.61. The molecular formula is C19H15F. The lowest BCUT2D eigenvalue weighted by Gasteiger charge is -2.11. The quantitative estimate of drug-likeness (QED) is 0.584. The van der Waals surface area contributed by atoms with Crippen LogP contribution in [-0.2, 0) is 0 Å². The van der Waals surface area contributed by atoms with Crippen molar-refractivity contribution in [2.45, 2.75) is 6.92 Å². The van der Waals surface area contributed by atoms with E-state index in [9.17, 15) is 4.39 Å². The van der Waals surface area contributed by atoms with Crippen LogP contribution < -0.4 is 0 Å². The minimum absolute atomic E-state index is 0.211. The van der Waals surface area contributed by atoms with Crippen LogP contribution in [0.4, 0.5) is 4.39 Å². The summed E-state index contributed by atoms with van der Waals surface area (Å²) in [5, 5.41) is 2.39. The van der Waals surface area contributed by atoms with E-state index in [0.717, 1.165) is 22.3 Å². The average Bonchev–Trinajstić information content (AvgIpc) is 2.46. The minimum Gasteiger partial charge on any atom is -0.207 e. The van der Waals surface area contributed by atoms with Crippen LogP contribution in [0.3, 0.4) is 0 Å². The molecule has 0 atom stereocenters. The predicted molar refractivity (Wildman–Crippen MR) is 83.2 cm³/mol. The summed E-state index contributed by atoms with van der Waals surface area (Å²) in [5.41, 5.74) is 3.89. The van der Waals surface area contributed by atoms with Crippen molar-refractivity contribution in [2.24, 2.45) is 0 Å². The molecule has 0 N–H and O–H groups in total. The lowest BCUT2D eigenvalue weighted by atomic mass is 9.94. The number of aryl methyl sites for hydroxylation is 1. The van der Waals surface area contributed by atoms with Crippen LogP contribution in [0.1, 0.15) is 16.7 Å². The summed E-state index contributed by atoms with van der Waals surface area (Å²) < 4.78 is 13.2. The Kier molecular flexibility index (Phi) is 3.11. The molecule has 3 aromatic carbocycles. The van der Waals surface area contributed by atoms with Gasteiger partial charge in [-0.05, 0) is 58.2 Å². The molecule has 0 amide bonds. The van der Waals surface area contributed by atoms with Gasteiger partial charge in [0.2, 0.25) is 0 Å². The zero-order valence-electron chi connectivity index (χ0n) is 11.4. The summed E-state index contributed by atoms with van der Waals surface area (Å²) in [5.74, 6) is -0.211. The van der Waals surface area contributed by atoms with E-state index >= 15 is 0 Å². The van der Waals surface area contributed by atoms with Crippen LogP contribution in [0.2, 0.25) is 0 Å². The molecule has 0 unspecified atom stereocenters. The Morgan fingerprint density at radius 1 is 0.900 bits per heavy atom. The monoisotopic (exact) mass is 262 g/mol. The largest absolute Gasteiger partial charge is 0.207 e. The Morgan fingerprint density at radius 3 is 2.40 bits per heavy atom. The standard InChI is InChI=1S/C19H15F/c1-13-11-18(20)9-10-19(13)14(2)16-8-7-15-5-3-4-6-17(15)12-16/h3-12H,2H2,1H3. The van der Waals surface area contributed by atoms with Gasteiger partial charge in [0.1, 0.15) is 5.82 Å². The van der Waals surface area contributed by atoms with E-state index < -0.39 is 0 Å². The summed E-state index contributed by atoms with van der Waals surface area (Å²) in [6, 6.07) is 19.3. The maximum Gasteiger partial charge on any atom is 0.123 e. The molecule has 20 heavy (non-hydrogen) atoms. The van der Waals surface area contributed by atoms with E-state index in [1.165, 1.54) is 16.8 Å². The van der Waals surface area contributed by atoms with Crippen LogP contribution in [-0.4, -0.2) is 0 Å². The number of hydrogen-bond acceptors (Lipinski definition) is 0. The Morgan fingerprint density at radius 2 is 1.65 bits per heavy atom. The maximum atomic E-state index is 13.2. The van der Waals surface area contributed by atoms with Crippen molar-refractivity contribution in [2.75, 3.05) is 0 Å². The zero-order valence-corrected chi connectivity index (χ0v) is 11.4. The second kappa shape index (κ2) is 4.93. The molecule has 1 heteroatoms. The van der Waals surface area contributed by atoms with Crippen LogP contribution in [0.5, 0.6) is 0 Å². The normalized spacial score (nSPS) is 10.7. The highest BCUT2D eigenvalue weighted by atomic mass is 19.1. The molecule has 0 fully saturated rings. The van der Waals surface area contributed by atoms with Gasteiger partial charge in [0.15, 0.2) is 0 Å². The number of halogens is 1. The summed E-state index contributed by atoms with van der Waals surface area (Å²) in [7, 11) is 0. The van der Waals surface area contributed by atoms with Crippen LogP contribution in [0, 0.1) is 12.7 Å². The second-order valence-electron chi connectivity index (χ2n) is 5.00. The van der Waals surface area contributed by atoms with Gasteiger partial charge in [-0.15, -0.1) is 0 Å². The fourth-order valence-corrected chi connectivity index (χ4v) is 2.50. The lowest BCUT2D eigenvalue weighted by Crippen LogP contribution is -1.91. The molecule has 3 aromatic rings. The Hall–Kier alpha value is -2.41. The maximum absolute atomic E-state index is 13.2. The zero-order chi connectivity index (χ0) is 14.1. The Balaban J connectivity index is 2.08. The molecule has 0 bridgehead atoms. The number of fused-ring (bicyclic) bond motifs is 1. The number of rotatable bonds is 2. The highest BCUT2D eigenvalue weighted by Crippen LogP contribution is 2.27. The molecule has 98 valence electrons. The van der Waals surface area contributed by atoms with Crippen molar-refractivity contribution in [1.82, 2.24) is 0 Å². The first-order chi connectivity index (χ1) is 9.65. The summed E-state index contributed by atoms with van der Waals surface area (Å²) in [4.78, 5) is 0. The van der Waals surface area contributed by atoms with E-state index in [2.05, 4.69) is 36.9 Å².